The molecule has 2 fully saturated rings. The van der Waals surface area contributed by atoms with Crippen LogP contribution in [0.5, 0.6) is 0 Å². The lowest BCUT2D eigenvalue weighted by atomic mass is 9.94. The van der Waals surface area contributed by atoms with Gasteiger partial charge in [0.25, 0.3) is 5.91 Å². The Morgan fingerprint density at radius 2 is 1.04 bits per heavy atom. The third kappa shape index (κ3) is 15.2. The molecule has 5 aromatic carbocycles. The fraction of sp³-hybridized carbons (Fsp3) is 0.310. The number of nitrogens with one attached hydrogen (secondary N) is 1. The van der Waals surface area contributed by atoms with Gasteiger partial charge in [-0.15, -0.1) is 0 Å². The molecule has 90 heavy (non-hydrogen) atoms. The number of hydrogen-bond donors (Lipinski definition) is 1. The minimum atomic E-state index is -0.698. The van der Waals surface area contributed by atoms with E-state index in [1.54, 1.807) is 23.6 Å². The minimum absolute atomic E-state index is 0.0333. The van der Waals surface area contributed by atoms with Crippen molar-refractivity contribution in [1.29, 1.82) is 0 Å². The van der Waals surface area contributed by atoms with Crippen LogP contribution in [0.15, 0.2) is 198 Å². The van der Waals surface area contributed by atoms with Crippen LogP contribution in [0, 0.1) is 0 Å². The monoisotopic (exact) mass is 1370 g/mol. The number of nitrogens with zero attached hydrogens (tertiary/aromatic N) is 11. The minimum Gasteiger partial charge on any atom is -0.337 e. The molecule has 462 valence electrons. The number of imidazole rings is 2. The number of halogens is 4. The lowest BCUT2D eigenvalue weighted by Crippen LogP contribution is -2.61. The van der Waals surface area contributed by atoms with E-state index in [2.05, 4.69) is 110 Å². The maximum atomic E-state index is 15.0. The largest absolute Gasteiger partial charge is 0.337 e. The summed E-state index contributed by atoms with van der Waals surface area (Å²) in [6.45, 7) is 7.35. The molecule has 0 spiro atoms. The van der Waals surface area contributed by atoms with Gasteiger partial charge in [-0.1, -0.05) is 114 Å². The summed E-state index contributed by atoms with van der Waals surface area (Å²) in [6, 6.07) is 45.1. The first-order valence-electron chi connectivity index (χ1n) is 31.0. The number of aromatic nitrogens is 6. The standard InChI is InChI=1S/C39H38BrClN6O2.C32H34BrClN6O/c40-32-22-31-13-12-30-23-33(41)14-15-34(30)37(36(31)43-24-32)45-20-21-47(38(48)29-10-5-2-6-11-29)35(26-45)39(49)46(25-28-8-3-1-4-9-28)18-7-17-44-19-16-42-27-44;33-26-17-25-8-7-24-18-27(34)9-10-28(24)31(30(25)37-19-26)39-16-12-36-29(21-39)32(41)40(20-23-5-2-1-3-6-23)14-4-13-38-15-11-35-22-38/h1-6,8-11,14-16,19,22-24,27,35,37H,7,12-13,17-18,20-21,25-26H2;1-3,5-6,9-11,15,17-19,22,29,31,36H,4,7-8,12-14,16,20-21H2/t35-,37+;29-,31+/m11/s1. The summed E-state index contributed by atoms with van der Waals surface area (Å²) >= 11 is 20.2. The summed E-state index contributed by atoms with van der Waals surface area (Å²) in [7, 11) is 0. The Hall–Kier alpha value is -7.35. The average molecular weight is 1370 g/mol. The van der Waals surface area contributed by atoms with Crippen LogP contribution in [0.4, 0.5) is 0 Å². The molecule has 3 amide bonds. The lowest BCUT2D eigenvalue weighted by Gasteiger charge is -2.45. The number of fused-ring (bicyclic) bond motifs is 4. The van der Waals surface area contributed by atoms with Gasteiger partial charge >= 0.3 is 0 Å². The molecular weight excluding hydrogens is 1300 g/mol. The smallest absolute Gasteiger partial charge is 0.254 e. The highest BCUT2D eigenvalue weighted by atomic mass is 79.9. The number of benzene rings is 5. The third-order valence-electron chi connectivity index (χ3n) is 17.7. The van der Waals surface area contributed by atoms with Crippen LogP contribution in [-0.4, -0.2) is 136 Å². The second kappa shape index (κ2) is 29.7. The maximum Gasteiger partial charge on any atom is 0.254 e. The molecular formula is C71H72Br2Cl2N12O3. The zero-order valence-electron chi connectivity index (χ0n) is 50.1. The molecule has 0 saturated carbocycles. The third-order valence-corrected chi connectivity index (χ3v) is 19.0. The SMILES string of the molecule is O=C([C@H]1CN([C@H]2c3ccc(Cl)cc3CCc3cc(Br)cnc32)CCN1)N(CCCn1ccnc1)Cc1ccccc1.O=C([C@H]1CN([C@H]2c3ccc(Cl)cc3CCc3cc(Br)cnc32)CCN1C(=O)c1ccccc1)N(CCCn1ccnc1)Cc1ccccc1. The van der Waals surface area contributed by atoms with Gasteiger partial charge in [-0.2, -0.15) is 0 Å². The number of carbonyl (C=O) groups is 3. The van der Waals surface area contributed by atoms with Crippen molar-refractivity contribution in [2.75, 3.05) is 52.4 Å². The maximum absolute atomic E-state index is 15.0. The summed E-state index contributed by atoms with van der Waals surface area (Å²) in [5, 5.41) is 5.00. The molecule has 2 aliphatic heterocycles. The van der Waals surface area contributed by atoms with Gasteiger partial charge in [0.15, 0.2) is 0 Å². The second-order valence-electron chi connectivity index (χ2n) is 23.6. The van der Waals surface area contributed by atoms with E-state index in [1.807, 2.05) is 136 Å². The number of aryl methyl sites for hydroxylation is 6. The molecule has 6 heterocycles. The Labute approximate surface area is 553 Å². The zero-order valence-corrected chi connectivity index (χ0v) is 54.8. The second-order valence-corrected chi connectivity index (χ2v) is 26.3. The number of carbonyl (C=O) groups excluding carboxylic acids is 3. The van der Waals surface area contributed by atoms with Crippen LogP contribution >= 0.6 is 55.1 Å². The summed E-state index contributed by atoms with van der Waals surface area (Å²) in [6.07, 6.45) is 19.9. The molecule has 2 aliphatic carbocycles. The number of hydrogen-bond acceptors (Lipinski definition) is 10. The van der Waals surface area contributed by atoms with Crippen LogP contribution in [-0.2, 0) is 61.5 Å². The first kappa shape index (κ1) is 62.8. The van der Waals surface area contributed by atoms with Gasteiger partial charge in [-0.05, 0) is 163 Å². The number of pyridine rings is 2. The fourth-order valence-electron chi connectivity index (χ4n) is 13.3. The van der Waals surface area contributed by atoms with E-state index < -0.39 is 6.04 Å². The molecule has 13 rings (SSSR count). The Morgan fingerprint density at radius 1 is 0.556 bits per heavy atom. The topological polar surface area (TPSA) is 141 Å². The number of rotatable bonds is 17. The molecule has 4 atom stereocenters. The molecule has 19 heteroatoms. The highest BCUT2D eigenvalue weighted by Gasteiger charge is 2.43. The van der Waals surface area contributed by atoms with Gasteiger partial charge in [-0.25, -0.2) is 9.97 Å². The molecule has 1 N–H and O–H groups in total. The Balaban J connectivity index is 0.000000177. The van der Waals surface area contributed by atoms with Crippen molar-refractivity contribution < 1.29 is 14.4 Å². The first-order chi connectivity index (χ1) is 44.0. The molecule has 2 saturated heterocycles. The normalized spacial score (nSPS) is 18.1. The van der Waals surface area contributed by atoms with Crippen LogP contribution in [0.3, 0.4) is 0 Å². The van der Waals surface area contributed by atoms with Crippen LogP contribution in [0.25, 0.3) is 0 Å². The predicted octanol–water partition coefficient (Wildman–Crippen LogP) is 12.1. The van der Waals surface area contributed by atoms with Gasteiger partial charge in [0.05, 0.1) is 42.2 Å². The summed E-state index contributed by atoms with van der Waals surface area (Å²) in [4.78, 5) is 72.0. The van der Waals surface area contributed by atoms with Gasteiger partial charge in [-0.3, -0.25) is 34.2 Å². The highest BCUT2D eigenvalue weighted by Crippen LogP contribution is 2.41. The average Bonchev–Trinajstić information content (AvgIpc) is 3.08. The summed E-state index contributed by atoms with van der Waals surface area (Å²) < 4.78 is 6.01. The molecule has 9 aromatic rings. The van der Waals surface area contributed by atoms with Gasteiger partial charge in [0.1, 0.15) is 6.04 Å². The fourth-order valence-corrected chi connectivity index (χ4v) is 14.4. The van der Waals surface area contributed by atoms with E-state index in [9.17, 15) is 14.4 Å². The van der Waals surface area contributed by atoms with Crippen molar-refractivity contribution in [2.45, 2.75) is 88.9 Å². The van der Waals surface area contributed by atoms with E-state index in [0.29, 0.717) is 62.9 Å². The van der Waals surface area contributed by atoms with Crippen molar-refractivity contribution >= 4 is 72.8 Å². The van der Waals surface area contributed by atoms with Crippen molar-refractivity contribution in [3.8, 4) is 0 Å². The highest BCUT2D eigenvalue weighted by molar-refractivity contribution is 9.10. The summed E-state index contributed by atoms with van der Waals surface area (Å²) in [5.74, 6) is -0.0530. The van der Waals surface area contributed by atoms with Crippen LogP contribution in [0.2, 0.25) is 10.0 Å². The van der Waals surface area contributed by atoms with Gasteiger partial charge < -0.3 is 29.2 Å². The predicted molar refractivity (Wildman–Crippen MR) is 359 cm³/mol. The summed E-state index contributed by atoms with van der Waals surface area (Å²) in [5.41, 5.74) is 12.0. The van der Waals surface area contributed by atoms with Gasteiger partial charge in [0, 0.05) is 140 Å². The van der Waals surface area contributed by atoms with Crippen LogP contribution in [0.1, 0.15) is 91.2 Å². The molecule has 4 aromatic heterocycles. The molecule has 0 unspecified atom stereocenters. The van der Waals surface area contributed by atoms with Crippen molar-refractivity contribution in [1.82, 2.24) is 58.9 Å². The number of piperazine rings is 2. The van der Waals surface area contributed by atoms with E-state index in [1.165, 1.54) is 27.8 Å². The molecule has 4 aliphatic rings. The number of amides is 3. The van der Waals surface area contributed by atoms with Crippen LogP contribution < -0.4 is 5.32 Å². The van der Waals surface area contributed by atoms with Gasteiger partial charge in [0.2, 0.25) is 11.8 Å². The van der Waals surface area contributed by atoms with E-state index in [-0.39, 0.29) is 35.8 Å². The quantitative estimate of drug-likeness (QED) is 0.0937. The molecule has 15 nitrogen and oxygen atoms in total. The molecule has 0 bridgehead atoms. The molecule has 0 radical (unpaired) electrons. The lowest BCUT2D eigenvalue weighted by molar-refractivity contribution is -0.139. The van der Waals surface area contributed by atoms with E-state index in [4.69, 9.17) is 33.2 Å². The first-order valence-corrected chi connectivity index (χ1v) is 33.3. The van der Waals surface area contributed by atoms with Crippen molar-refractivity contribution in [3.05, 3.63) is 270 Å². The zero-order chi connectivity index (χ0) is 61.9. The van der Waals surface area contributed by atoms with E-state index in [0.717, 1.165) is 107 Å². The Morgan fingerprint density at radius 3 is 1.56 bits per heavy atom. The van der Waals surface area contributed by atoms with Crippen molar-refractivity contribution in [2.24, 2.45) is 0 Å². The Kier molecular flexibility index (Phi) is 20.8. The van der Waals surface area contributed by atoms with E-state index >= 15 is 0 Å². The Bertz CT molecular complexity index is 3780. The van der Waals surface area contributed by atoms with Crippen molar-refractivity contribution in [3.63, 3.8) is 0 Å².